The number of hydrogen-bond acceptors (Lipinski definition) is 6. The third kappa shape index (κ3) is 6.90. The molecule has 34 heavy (non-hydrogen) atoms. The summed E-state index contributed by atoms with van der Waals surface area (Å²) in [5.41, 5.74) is 1.66. The van der Waals surface area contributed by atoms with Crippen LogP contribution in [0, 0.1) is 5.92 Å². The second-order valence-corrected chi connectivity index (χ2v) is 9.60. The van der Waals surface area contributed by atoms with Crippen LogP contribution in [0.25, 0.3) is 10.9 Å². The Bertz CT molecular complexity index is 1180. The molecule has 1 heterocycles. The normalized spacial score (nSPS) is 11.0. The van der Waals surface area contributed by atoms with Gasteiger partial charge in [-0.25, -0.2) is 0 Å². The predicted molar refractivity (Wildman–Crippen MR) is 141 cm³/mol. The third-order valence-corrected chi connectivity index (χ3v) is 6.04. The second-order valence-electron chi connectivity index (χ2n) is 8.62. The summed E-state index contributed by atoms with van der Waals surface area (Å²) in [5.74, 6) is 3.11. The van der Waals surface area contributed by atoms with Crippen LogP contribution in [0.1, 0.15) is 45.1 Å². The average molecular weight is 500 g/mol. The summed E-state index contributed by atoms with van der Waals surface area (Å²) in [6.45, 7) is 4.33. The maximum Gasteiger partial charge on any atom is 0.162 e. The molecule has 0 radical (unpaired) electrons. The van der Waals surface area contributed by atoms with Crippen molar-refractivity contribution in [1.82, 2.24) is 4.98 Å². The van der Waals surface area contributed by atoms with Gasteiger partial charge < -0.3 is 14.2 Å². The van der Waals surface area contributed by atoms with E-state index in [4.69, 9.17) is 38.0 Å². The van der Waals surface area contributed by atoms with Gasteiger partial charge in [0.15, 0.2) is 11.5 Å². The Hall–Kier alpha value is -2.70. The molecule has 0 aliphatic heterocycles. The van der Waals surface area contributed by atoms with E-state index < -0.39 is 0 Å². The van der Waals surface area contributed by atoms with Crippen molar-refractivity contribution in [3.05, 3.63) is 53.2 Å². The monoisotopic (exact) mass is 499 g/mol. The van der Waals surface area contributed by atoms with Crippen LogP contribution in [0.15, 0.2) is 42.6 Å². The number of aromatic nitrogens is 1. The number of Topliss-reactive ketones (excluding diaryl/α,β-unsaturated/α-hetero) is 1. The first-order valence-corrected chi connectivity index (χ1v) is 12.1. The number of fused-ring (bicyclic) bond motifs is 1. The third-order valence-electron chi connectivity index (χ3n) is 5.46. The van der Waals surface area contributed by atoms with Gasteiger partial charge in [-0.3, -0.25) is 9.78 Å². The van der Waals surface area contributed by atoms with Gasteiger partial charge in [0.2, 0.25) is 0 Å². The van der Waals surface area contributed by atoms with Gasteiger partial charge in [0.25, 0.3) is 0 Å². The van der Waals surface area contributed by atoms with E-state index >= 15 is 0 Å². The largest absolute Gasteiger partial charge is 0.493 e. The number of benzene rings is 2. The fraction of sp³-hybridized carbons (Fsp3) is 0.370. The average Bonchev–Trinajstić information content (AvgIpc) is 2.79. The van der Waals surface area contributed by atoms with Crippen molar-refractivity contribution in [2.45, 2.75) is 46.0 Å². The molecule has 0 fully saturated rings. The lowest BCUT2D eigenvalue weighted by Crippen LogP contribution is -2.08. The second kappa shape index (κ2) is 12.1. The number of ether oxygens (including phenoxy) is 3. The Balaban J connectivity index is 1.69. The highest BCUT2D eigenvalue weighted by Crippen LogP contribution is 2.38. The molecular weight excluding hydrogens is 470 g/mol. The number of pyridine rings is 1. The summed E-state index contributed by atoms with van der Waals surface area (Å²) in [6.07, 6.45) is 5.09. The van der Waals surface area contributed by atoms with Crippen molar-refractivity contribution in [1.29, 1.82) is 0 Å². The zero-order valence-electron chi connectivity index (χ0n) is 20.0. The van der Waals surface area contributed by atoms with Crippen molar-refractivity contribution < 1.29 is 19.0 Å². The molecule has 0 saturated carbocycles. The van der Waals surface area contributed by atoms with E-state index in [1.54, 1.807) is 32.5 Å². The maximum atomic E-state index is 12.2. The first kappa shape index (κ1) is 25.9. The minimum Gasteiger partial charge on any atom is -0.493 e. The summed E-state index contributed by atoms with van der Waals surface area (Å²) in [4.78, 5) is 17.3. The Morgan fingerprint density at radius 3 is 2.44 bits per heavy atom. The van der Waals surface area contributed by atoms with Crippen molar-refractivity contribution in [2.24, 2.45) is 5.92 Å². The van der Waals surface area contributed by atoms with Crippen LogP contribution >= 0.6 is 23.8 Å². The predicted octanol–water partition coefficient (Wildman–Crippen LogP) is 7.40. The first-order valence-electron chi connectivity index (χ1n) is 11.3. The summed E-state index contributed by atoms with van der Waals surface area (Å²) in [6, 6.07) is 11.0. The number of halogens is 1. The minimum absolute atomic E-state index is 0.202. The van der Waals surface area contributed by atoms with E-state index in [0.717, 1.165) is 28.7 Å². The Labute approximate surface area is 211 Å². The van der Waals surface area contributed by atoms with E-state index in [9.17, 15) is 4.79 Å². The molecule has 5 nitrogen and oxygen atoms in total. The lowest BCUT2D eigenvalue weighted by Gasteiger charge is -2.13. The van der Waals surface area contributed by atoms with E-state index in [-0.39, 0.29) is 5.78 Å². The van der Waals surface area contributed by atoms with Gasteiger partial charge in [0.05, 0.1) is 24.8 Å². The number of ketones is 1. The van der Waals surface area contributed by atoms with Crippen LogP contribution in [-0.2, 0) is 11.2 Å². The van der Waals surface area contributed by atoms with Gasteiger partial charge in [-0.15, -0.1) is 0 Å². The van der Waals surface area contributed by atoms with E-state index in [1.165, 1.54) is 0 Å². The van der Waals surface area contributed by atoms with Crippen LogP contribution < -0.4 is 14.2 Å². The van der Waals surface area contributed by atoms with Gasteiger partial charge in [0.1, 0.15) is 17.3 Å². The molecule has 0 N–H and O–H groups in total. The van der Waals surface area contributed by atoms with Crippen LogP contribution in [0.4, 0.5) is 0 Å². The van der Waals surface area contributed by atoms with Crippen molar-refractivity contribution >= 4 is 45.4 Å². The van der Waals surface area contributed by atoms with Crippen molar-refractivity contribution in [3.8, 4) is 23.0 Å². The van der Waals surface area contributed by atoms with E-state index in [2.05, 4.69) is 18.8 Å². The zero-order chi connectivity index (χ0) is 24.7. The van der Waals surface area contributed by atoms with Crippen LogP contribution in [0.3, 0.4) is 0 Å². The number of rotatable bonds is 12. The molecule has 0 spiro atoms. The highest BCUT2D eigenvalue weighted by atomic mass is 35.5. The quantitative estimate of drug-likeness (QED) is 0.242. The fourth-order valence-corrected chi connectivity index (χ4v) is 4.27. The molecule has 0 amide bonds. The number of carbonyl (C=O) groups excluding carboxylic acids is 1. The SMILES string of the molecule is COc1cc2nccc(Oc3ccc(CC(=S)CC(=O)CCCC(C)C)cc3Cl)c2cc1OC. The summed E-state index contributed by atoms with van der Waals surface area (Å²) in [5, 5.41) is 1.24. The molecule has 3 aromatic rings. The van der Waals surface area contributed by atoms with E-state index in [0.29, 0.717) is 58.7 Å². The minimum atomic E-state index is 0.202. The molecule has 3 rings (SSSR count). The molecule has 0 bridgehead atoms. The van der Waals surface area contributed by atoms with Gasteiger partial charge >= 0.3 is 0 Å². The molecule has 1 aromatic heterocycles. The lowest BCUT2D eigenvalue weighted by molar-refractivity contribution is -0.118. The molecule has 180 valence electrons. The van der Waals surface area contributed by atoms with Gasteiger partial charge in [0, 0.05) is 41.8 Å². The van der Waals surface area contributed by atoms with Crippen LogP contribution in [0.5, 0.6) is 23.0 Å². The van der Waals surface area contributed by atoms with Gasteiger partial charge in [-0.1, -0.05) is 50.2 Å². The Morgan fingerprint density at radius 1 is 1.03 bits per heavy atom. The first-order chi connectivity index (χ1) is 16.3. The topological polar surface area (TPSA) is 57.7 Å². The number of hydrogen-bond donors (Lipinski definition) is 0. The summed E-state index contributed by atoms with van der Waals surface area (Å²) in [7, 11) is 3.17. The van der Waals surface area contributed by atoms with Crippen molar-refractivity contribution in [2.75, 3.05) is 14.2 Å². The highest BCUT2D eigenvalue weighted by Gasteiger charge is 2.14. The molecule has 0 aliphatic carbocycles. The number of carbonyl (C=O) groups is 1. The smallest absolute Gasteiger partial charge is 0.162 e. The molecule has 0 unspecified atom stereocenters. The molecule has 0 saturated heterocycles. The number of nitrogens with zero attached hydrogens (tertiary/aromatic N) is 1. The lowest BCUT2D eigenvalue weighted by atomic mass is 10.0. The summed E-state index contributed by atoms with van der Waals surface area (Å²) < 4.78 is 16.9. The van der Waals surface area contributed by atoms with Gasteiger partial charge in [-0.05, 0) is 42.2 Å². The Kier molecular flexibility index (Phi) is 9.25. The molecule has 2 aromatic carbocycles. The van der Waals surface area contributed by atoms with Gasteiger partial charge in [-0.2, -0.15) is 0 Å². The number of methoxy groups -OCH3 is 2. The fourth-order valence-electron chi connectivity index (χ4n) is 3.70. The van der Waals surface area contributed by atoms with Crippen molar-refractivity contribution in [3.63, 3.8) is 0 Å². The number of thiocarbonyl (C=S) groups is 1. The molecule has 0 aliphatic rings. The molecule has 7 heteroatoms. The highest BCUT2D eigenvalue weighted by molar-refractivity contribution is 7.80. The van der Waals surface area contributed by atoms with E-state index in [1.807, 2.05) is 24.3 Å². The molecular formula is C27H30ClNO4S. The standard InChI is InChI=1S/C27H30ClNO4S/c1-17(2)6-5-7-19(30)14-20(34)12-18-8-9-25(22(28)13-18)33-24-10-11-29-23-16-27(32-4)26(31-3)15-21(23)24/h8-11,13,15-17H,5-7,12,14H2,1-4H3. The molecule has 0 atom stereocenters. The maximum absolute atomic E-state index is 12.2. The zero-order valence-corrected chi connectivity index (χ0v) is 21.6. The summed E-state index contributed by atoms with van der Waals surface area (Å²) >= 11 is 12.0. The van der Waals surface area contributed by atoms with Crippen LogP contribution in [0.2, 0.25) is 5.02 Å². The Morgan fingerprint density at radius 2 is 1.76 bits per heavy atom. The van der Waals surface area contributed by atoms with Crippen LogP contribution in [-0.4, -0.2) is 29.9 Å².